The predicted octanol–water partition coefficient (Wildman–Crippen LogP) is 5.58. The minimum absolute atomic E-state index is 0.558. The molecule has 2 N–H and O–H groups in total. The molecule has 1 heterocycles. The number of piperidine rings is 1. The van der Waals surface area contributed by atoms with Gasteiger partial charge >= 0.3 is 11.9 Å². The third-order valence-electron chi connectivity index (χ3n) is 6.12. The Kier molecular flexibility index (Phi) is 11.2. The van der Waals surface area contributed by atoms with E-state index in [0.29, 0.717) is 18.2 Å². The van der Waals surface area contributed by atoms with Gasteiger partial charge in [0.1, 0.15) is 0 Å². The molecule has 0 spiro atoms. The van der Waals surface area contributed by atoms with Gasteiger partial charge in [-0.05, 0) is 36.1 Å². The van der Waals surface area contributed by atoms with Crippen molar-refractivity contribution in [2.24, 2.45) is 0 Å². The fourth-order valence-corrected chi connectivity index (χ4v) is 4.32. The van der Waals surface area contributed by atoms with Gasteiger partial charge in [-0.15, -0.1) is 0 Å². The minimum Gasteiger partial charge on any atom is -0.478 e. The van der Waals surface area contributed by atoms with Gasteiger partial charge < -0.3 is 15.1 Å². The number of likely N-dealkylation sites (tertiary alicyclic amines) is 1. The Balaban J connectivity index is 0.000000414. The number of carboxylic acids is 2. The monoisotopic (exact) mass is 498 g/mol. The third kappa shape index (κ3) is 10.2. The average Bonchev–Trinajstić information content (AvgIpc) is 2.93. The zero-order valence-electron chi connectivity index (χ0n) is 20.9. The van der Waals surface area contributed by atoms with Gasteiger partial charge in [-0.3, -0.25) is 4.90 Å². The Morgan fingerprint density at radius 3 is 1.84 bits per heavy atom. The maximum atomic E-state index is 9.55. The van der Waals surface area contributed by atoms with Crippen LogP contribution in [0.1, 0.15) is 24.0 Å². The average molecular weight is 499 g/mol. The van der Waals surface area contributed by atoms with E-state index in [-0.39, 0.29) is 0 Å². The molecular formula is C31H34N2O4. The first-order chi connectivity index (χ1) is 18.0. The van der Waals surface area contributed by atoms with Crippen LogP contribution in [0.5, 0.6) is 0 Å². The van der Waals surface area contributed by atoms with E-state index in [2.05, 4.69) is 113 Å². The topological polar surface area (TPSA) is 81.1 Å². The highest BCUT2D eigenvalue weighted by atomic mass is 16.4. The quantitative estimate of drug-likeness (QED) is 0.375. The smallest absolute Gasteiger partial charge is 0.328 e. The highest BCUT2D eigenvalue weighted by Crippen LogP contribution is 2.24. The van der Waals surface area contributed by atoms with Crippen LogP contribution in [0.3, 0.4) is 0 Å². The summed E-state index contributed by atoms with van der Waals surface area (Å²) in [7, 11) is 0. The molecule has 3 aromatic rings. The summed E-state index contributed by atoms with van der Waals surface area (Å²) in [6.07, 6.45) is 8.08. The molecule has 4 rings (SSSR count). The Labute approximate surface area is 218 Å². The molecule has 3 aromatic carbocycles. The van der Waals surface area contributed by atoms with Crippen molar-refractivity contribution < 1.29 is 19.8 Å². The summed E-state index contributed by atoms with van der Waals surface area (Å²) in [4.78, 5) is 24.3. The Hall–Kier alpha value is -4.16. The van der Waals surface area contributed by atoms with E-state index < -0.39 is 11.9 Å². The maximum absolute atomic E-state index is 9.55. The summed E-state index contributed by atoms with van der Waals surface area (Å²) >= 11 is 0. The lowest BCUT2D eigenvalue weighted by molar-refractivity contribution is -0.134. The Morgan fingerprint density at radius 2 is 1.30 bits per heavy atom. The Morgan fingerprint density at radius 1 is 0.784 bits per heavy atom. The molecular weight excluding hydrogens is 464 g/mol. The van der Waals surface area contributed by atoms with Crippen LogP contribution in [0.4, 0.5) is 5.69 Å². The lowest BCUT2D eigenvalue weighted by atomic mass is 10.0. The molecule has 1 saturated heterocycles. The molecule has 0 aromatic heterocycles. The van der Waals surface area contributed by atoms with Crippen LogP contribution in [0.2, 0.25) is 0 Å². The normalized spacial score (nSPS) is 14.3. The van der Waals surface area contributed by atoms with Gasteiger partial charge in [0, 0.05) is 50.1 Å². The second kappa shape index (κ2) is 15.1. The van der Waals surface area contributed by atoms with Crippen molar-refractivity contribution in [3.05, 3.63) is 120 Å². The first kappa shape index (κ1) is 27.4. The van der Waals surface area contributed by atoms with Crippen molar-refractivity contribution in [1.29, 1.82) is 0 Å². The molecule has 1 aliphatic rings. The molecule has 0 amide bonds. The van der Waals surface area contributed by atoms with Gasteiger partial charge in [-0.2, -0.15) is 0 Å². The van der Waals surface area contributed by atoms with Crippen LogP contribution in [0, 0.1) is 0 Å². The molecule has 0 aliphatic carbocycles. The number of benzene rings is 3. The molecule has 0 atom stereocenters. The number of aliphatic carboxylic acids is 2. The Bertz CT molecular complexity index is 1120. The highest BCUT2D eigenvalue weighted by molar-refractivity contribution is 5.89. The summed E-state index contributed by atoms with van der Waals surface area (Å²) in [6.45, 7) is 4.33. The van der Waals surface area contributed by atoms with Crippen molar-refractivity contribution >= 4 is 23.7 Å². The highest BCUT2D eigenvalue weighted by Gasteiger charge is 2.24. The van der Waals surface area contributed by atoms with E-state index in [4.69, 9.17) is 10.2 Å². The second-order valence-corrected chi connectivity index (χ2v) is 8.80. The molecule has 6 nitrogen and oxygen atoms in total. The zero-order chi connectivity index (χ0) is 26.3. The number of carbonyl (C=O) groups is 2. The van der Waals surface area contributed by atoms with Crippen LogP contribution < -0.4 is 4.90 Å². The number of para-hydroxylation sites is 1. The first-order valence-corrected chi connectivity index (χ1v) is 12.4. The molecule has 192 valence electrons. The number of nitrogens with zero attached hydrogens (tertiary/aromatic N) is 2. The minimum atomic E-state index is -1.26. The molecule has 0 saturated carbocycles. The second-order valence-electron chi connectivity index (χ2n) is 8.80. The van der Waals surface area contributed by atoms with E-state index in [1.807, 2.05) is 0 Å². The number of hydrogen-bond acceptors (Lipinski definition) is 4. The zero-order valence-corrected chi connectivity index (χ0v) is 20.9. The van der Waals surface area contributed by atoms with Crippen molar-refractivity contribution in [2.45, 2.75) is 25.4 Å². The lowest BCUT2D eigenvalue weighted by Gasteiger charge is -2.39. The molecule has 0 bridgehead atoms. The molecule has 0 radical (unpaired) electrons. The standard InChI is InChI=1S/C27H30N2.C4H4O4/c1-4-11-24(12-5-1)15-10-20-29(26-16-8-3-9-17-26)27-18-21-28(22-19-27)23-25-13-6-2-7-14-25;5-3(6)1-2-4(7)8/h1-17,27H,18-23H2;1-2H,(H,5,6)(H,7,8)/b15-10+;2-1+. The maximum Gasteiger partial charge on any atom is 0.328 e. The number of hydrogen-bond donors (Lipinski definition) is 2. The van der Waals surface area contributed by atoms with Gasteiger partial charge in [0.05, 0.1) is 0 Å². The molecule has 0 unspecified atom stereocenters. The van der Waals surface area contributed by atoms with Gasteiger partial charge in [-0.1, -0.05) is 91.0 Å². The molecule has 1 fully saturated rings. The van der Waals surface area contributed by atoms with E-state index in [1.165, 1.54) is 29.7 Å². The van der Waals surface area contributed by atoms with Crippen LogP contribution in [-0.4, -0.2) is 52.7 Å². The predicted molar refractivity (Wildman–Crippen MR) is 148 cm³/mol. The summed E-state index contributed by atoms with van der Waals surface area (Å²) in [5, 5.41) is 15.6. The summed E-state index contributed by atoms with van der Waals surface area (Å²) < 4.78 is 0. The van der Waals surface area contributed by atoms with E-state index in [1.54, 1.807) is 0 Å². The fraction of sp³-hybridized carbons (Fsp3) is 0.226. The number of carboxylic acid groups (broad SMARTS) is 2. The van der Waals surface area contributed by atoms with Crippen molar-refractivity contribution in [3.63, 3.8) is 0 Å². The van der Waals surface area contributed by atoms with Gasteiger partial charge in [0.2, 0.25) is 0 Å². The number of rotatable bonds is 9. The van der Waals surface area contributed by atoms with E-state index in [9.17, 15) is 9.59 Å². The van der Waals surface area contributed by atoms with Gasteiger partial charge in [0.25, 0.3) is 0 Å². The van der Waals surface area contributed by atoms with Crippen LogP contribution in [0.15, 0.2) is 109 Å². The molecule has 6 heteroatoms. The fourth-order valence-electron chi connectivity index (χ4n) is 4.32. The van der Waals surface area contributed by atoms with Crippen molar-refractivity contribution in [2.75, 3.05) is 24.5 Å². The van der Waals surface area contributed by atoms with E-state index in [0.717, 1.165) is 26.2 Å². The SMILES string of the molecule is C(=C\c1ccccc1)/CN(c1ccccc1)C1CCN(Cc2ccccc2)CC1.O=C(O)/C=C/C(=O)O. The van der Waals surface area contributed by atoms with Crippen LogP contribution in [0.25, 0.3) is 6.08 Å². The largest absolute Gasteiger partial charge is 0.478 e. The van der Waals surface area contributed by atoms with Crippen LogP contribution >= 0.6 is 0 Å². The summed E-state index contributed by atoms with van der Waals surface area (Å²) in [5.41, 5.74) is 4.00. The van der Waals surface area contributed by atoms with Crippen LogP contribution in [-0.2, 0) is 16.1 Å². The lowest BCUT2D eigenvalue weighted by Crippen LogP contribution is -2.45. The summed E-state index contributed by atoms with van der Waals surface area (Å²) in [6, 6.07) is 32.9. The summed E-state index contributed by atoms with van der Waals surface area (Å²) in [5.74, 6) is -2.51. The molecule has 37 heavy (non-hydrogen) atoms. The van der Waals surface area contributed by atoms with Gasteiger partial charge in [0.15, 0.2) is 0 Å². The van der Waals surface area contributed by atoms with E-state index >= 15 is 0 Å². The van der Waals surface area contributed by atoms with Crippen molar-refractivity contribution in [1.82, 2.24) is 4.90 Å². The number of anilines is 1. The van der Waals surface area contributed by atoms with Gasteiger partial charge in [-0.25, -0.2) is 9.59 Å². The van der Waals surface area contributed by atoms with Crippen molar-refractivity contribution in [3.8, 4) is 0 Å². The third-order valence-corrected chi connectivity index (χ3v) is 6.12. The molecule has 1 aliphatic heterocycles. The first-order valence-electron chi connectivity index (χ1n) is 12.4.